The van der Waals surface area contributed by atoms with Crippen molar-refractivity contribution in [2.75, 3.05) is 0 Å². The second-order valence-corrected chi connectivity index (χ2v) is 7.68. The fourth-order valence-corrected chi connectivity index (χ4v) is 4.14. The molecule has 0 unspecified atom stereocenters. The molecule has 0 fully saturated rings. The van der Waals surface area contributed by atoms with Crippen LogP contribution in [0, 0.1) is 29.1 Å². The normalized spacial score (nSPS) is 13.2. The summed E-state index contributed by atoms with van der Waals surface area (Å²) in [4.78, 5) is 0. The molecule has 3 aromatic carbocycles. The molecule has 0 nitrogen and oxygen atoms in total. The molecule has 0 saturated heterocycles. The highest BCUT2D eigenvalue weighted by molar-refractivity contribution is 5.74. The monoisotopic (exact) mass is 428 g/mol. The van der Waals surface area contributed by atoms with Crippen molar-refractivity contribution in [3.63, 3.8) is 0 Å². The number of benzene rings is 3. The minimum Gasteiger partial charge on any atom is -0.206 e. The van der Waals surface area contributed by atoms with Crippen LogP contribution in [0.15, 0.2) is 42.5 Å². The van der Waals surface area contributed by atoms with Crippen LogP contribution in [0.25, 0.3) is 16.7 Å². The van der Waals surface area contributed by atoms with Crippen LogP contribution in [0.4, 0.5) is 22.0 Å². The Bertz CT molecular complexity index is 1210. The summed E-state index contributed by atoms with van der Waals surface area (Å²) in [5.41, 5.74) is 2.09. The Kier molecular flexibility index (Phi) is 5.69. The zero-order valence-electron chi connectivity index (χ0n) is 17.3. The quantitative estimate of drug-likeness (QED) is 0.381. The molecule has 0 N–H and O–H groups in total. The fourth-order valence-electron chi connectivity index (χ4n) is 4.14. The van der Waals surface area contributed by atoms with Gasteiger partial charge in [0, 0.05) is 16.7 Å². The van der Waals surface area contributed by atoms with Gasteiger partial charge in [-0.15, -0.1) is 0 Å². The van der Waals surface area contributed by atoms with E-state index in [1.54, 1.807) is 38.1 Å². The third-order valence-electron chi connectivity index (χ3n) is 6.00. The van der Waals surface area contributed by atoms with E-state index in [1.807, 2.05) is 0 Å². The largest absolute Gasteiger partial charge is 0.206 e. The lowest BCUT2D eigenvalue weighted by atomic mass is 9.85. The van der Waals surface area contributed by atoms with Gasteiger partial charge in [0.2, 0.25) is 0 Å². The molecule has 0 radical (unpaired) electrons. The summed E-state index contributed by atoms with van der Waals surface area (Å²) in [6.45, 7) is 3.46. The Morgan fingerprint density at radius 2 is 1.13 bits per heavy atom. The molecule has 0 atom stereocenters. The first-order valence-electron chi connectivity index (χ1n) is 10.3. The second kappa shape index (κ2) is 8.29. The van der Waals surface area contributed by atoms with Crippen molar-refractivity contribution in [1.82, 2.24) is 0 Å². The molecule has 0 heterocycles. The van der Waals surface area contributed by atoms with Gasteiger partial charge < -0.3 is 0 Å². The van der Waals surface area contributed by atoms with Gasteiger partial charge in [0.1, 0.15) is 5.82 Å². The van der Waals surface area contributed by atoms with Crippen LogP contribution in [-0.4, -0.2) is 0 Å². The summed E-state index contributed by atoms with van der Waals surface area (Å²) in [5, 5.41) is 0. The maximum atomic E-state index is 15.3. The molecule has 0 aliphatic heterocycles. The highest BCUT2D eigenvalue weighted by Gasteiger charge is 2.24. The Balaban J connectivity index is 1.72. The Hall–Kier alpha value is -2.95. The van der Waals surface area contributed by atoms with Gasteiger partial charge in [-0.25, -0.2) is 22.0 Å². The molecule has 0 aromatic heterocycles. The van der Waals surface area contributed by atoms with Crippen molar-refractivity contribution in [3.8, 4) is 11.1 Å². The molecule has 5 heteroatoms. The summed E-state index contributed by atoms with van der Waals surface area (Å²) >= 11 is 0. The van der Waals surface area contributed by atoms with Crippen LogP contribution >= 0.6 is 0 Å². The number of allylic oxidation sites excluding steroid dienone is 2. The molecule has 0 bridgehead atoms. The van der Waals surface area contributed by atoms with Crippen LogP contribution in [0.2, 0.25) is 0 Å². The molecule has 160 valence electrons. The van der Waals surface area contributed by atoms with Gasteiger partial charge in [-0.3, -0.25) is 0 Å². The topological polar surface area (TPSA) is 0 Å². The molecular formula is C26H21F5. The van der Waals surface area contributed by atoms with E-state index in [4.69, 9.17) is 0 Å². The van der Waals surface area contributed by atoms with E-state index in [2.05, 4.69) is 0 Å². The molecule has 31 heavy (non-hydrogen) atoms. The van der Waals surface area contributed by atoms with E-state index in [9.17, 15) is 17.6 Å². The van der Waals surface area contributed by atoms with Crippen molar-refractivity contribution in [2.24, 2.45) is 0 Å². The van der Waals surface area contributed by atoms with Gasteiger partial charge in [0.15, 0.2) is 23.3 Å². The molecule has 0 saturated carbocycles. The third-order valence-corrected chi connectivity index (χ3v) is 6.00. The number of halogens is 5. The molecular weight excluding hydrogens is 407 g/mol. The number of rotatable bonds is 4. The van der Waals surface area contributed by atoms with E-state index in [0.717, 1.165) is 0 Å². The van der Waals surface area contributed by atoms with Crippen molar-refractivity contribution < 1.29 is 22.0 Å². The highest BCUT2D eigenvalue weighted by atomic mass is 19.2. The zero-order valence-corrected chi connectivity index (χ0v) is 17.3. The predicted molar refractivity (Wildman–Crippen MR) is 112 cm³/mol. The Morgan fingerprint density at radius 3 is 1.74 bits per heavy atom. The number of hydrogen-bond acceptors (Lipinski definition) is 0. The highest BCUT2D eigenvalue weighted by Crippen LogP contribution is 2.36. The summed E-state index contributed by atoms with van der Waals surface area (Å²) in [5.74, 6) is -4.42. The van der Waals surface area contributed by atoms with Crippen LogP contribution < -0.4 is 0 Å². The average molecular weight is 428 g/mol. The average Bonchev–Trinajstić information content (AvgIpc) is 2.78. The smallest absolute Gasteiger partial charge is 0.167 e. The summed E-state index contributed by atoms with van der Waals surface area (Å²) in [7, 11) is 0. The minimum absolute atomic E-state index is 0.0147. The molecule has 0 amide bonds. The maximum absolute atomic E-state index is 15.3. The Morgan fingerprint density at radius 1 is 0.613 bits per heavy atom. The third kappa shape index (κ3) is 3.56. The van der Waals surface area contributed by atoms with Crippen LogP contribution in [0.3, 0.4) is 0 Å². The fraction of sp³-hybridized carbons (Fsp3) is 0.231. The van der Waals surface area contributed by atoms with E-state index < -0.39 is 29.1 Å². The first-order chi connectivity index (χ1) is 14.9. The van der Waals surface area contributed by atoms with Crippen molar-refractivity contribution in [1.29, 1.82) is 0 Å². The van der Waals surface area contributed by atoms with E-state index >= 15 is 4.39 Å². The minimum atomic E-state index is -1.07. The van der Waals surface area contributed by atoms with Crippen molar-refractivity contribution in [3.05, 3.63) is 99.4 Å². The SMILES string of the molecule is CCc1ccc(C2=CCc3c(ccc(-c4ccc(CC)c(F)c4F)c3F)C2)c(F)c1F. The molecule has 4 rings (SSSR count). The van der Waals surface area contributed by atoms with Gasteiger partial charge in [0.05, 0.1) is 0 Å². The lowest BCUT2D eigenvalue weighted by Crippen LogP contribution is -2.09. The summed E-state index contributed by atoms with van der Waals surface area (Å²) < 4.78 is 72.8. The van der Waals surface area contributed by atoms with Gasteiger partial charge >= 0.3 is 0 Å². The maximum Gasteiger partial charge on any atom is 0.167 e. The molecule has 0 spiro atoms. The molecule has 1 aliphatic carbocycles. The van der Waals surface area contributed by atoms with Gasteiger partial charge in [-0.1, -0.05) is 56.3 Å². The first kappa shape index (κ1) is 21.3. The number of hydrogen-bond donors (Lipinski definition) is 0. The van der Waals surface area contributed by atoms with Gasteiger partial charge in [-0.2, -0.15) is 0 Å². The van der Waals surface area contributed by atoms with Crippen LogP contribution in [0.1, 0.15) is 41.7 Å². The zero-order chi connectivity index (χ0) is 22.3. The van der Waals surface area contributed by atoms with E-state index in [-0.39, 0.29) is 35.1 Å². The summed E-state index contributed by atoms with van der Waals surface area (Å²) in [6, 6.07) is 9.01. The van der Waals surface area contributed by atoms with Crippen LogP contribution in [0.5, 0.6) is 0 Å². The van der Waals surface area contributed by atoms with E-state index in [0.29, 0.717) is 35.1 Å². The number of fused-ring (bicyclic) bond motifs is 1. The number of aryl methyl sites for hydroxylation is 2. The van der Waals surface area contributed by atoms with Crippen LogP contribution in [-0.2, 0) is 25.7 Å². The summed E-state index contributed by atoms with van der Waals surface area (Å²) in [6.07, 6.45) is 2.75. The van der Waals surface area contributed by atoms with Gasteiger partial charge in [-0.05, 0) is 53.5 Å². The Labute approximate surface area is 178 Å². The van der Waals surface area contributed by atoms with Crippen molar-refractivity contribution >= 4 is 5.57 Å². The lowest BCUT2D eigenvalue weighted by Gasteiger charge is -2.21. The molecule has 1 aliphatic rings. The lowest BCUT2D eigenvalue weighted by molar-refractivity contribution is 0.497. The second-order valence-electron chi connectivity index (χ2n) is 7.68. The van der Waals surface area contributed by atoms with Gasteiger partial charge in [0.25, 0.3) is 0 Å². The standard InChI is InChI=1S/C26H21F5/c1-3-14-5-9-19(25(30)22(14)27)17-7-10-18-16(13-17)8-12-20(24(18)29)21-11-6-15(4-2)23(28)26(21)31/h5-9,11-12H,3-4,10,13H2,1-2H3. The van der Waals surface area contributed by atoms with E-state index in [1.165, 1.54) is 18.2 Å². The predicted octanol–water partition coefficient (Wildman–Crippen LogP) is 7.36. The van der Waals surface area contributed by atoms with Crippen molar-refractivity contribution in [2.45, 2.75) is 39.5 Å². The molecule has 3 aromatic rings. The first-order valence-corrected chi connectivity index (χ1v) is 10.3.